The van der Waals surface area contributed by atoms with Crippen LogP contribution in [-0.2, 0) is 11.3 Å². The van der Waals surface area contributed by atoms with Crippen molar-refractivity contribution in [1.82, 2.24) is 9.55 Å². The average molecular weight is 258 g/mol. The van der Waals surface area contributed by atoms with Gasteiger partial charge in [0.05, 0.1) is 24.9 Å². The van der Waals surface area contributed by atoms with Gasteiger partial charge in [0.2, 0.25) is 0 Å². The molecule has 2 heterocycles. The molecule has 2 rings (SSSR count). The summed E-state index contributed by atoms with van der Waals surface area (Å²) in [5, 5.41) is 18.0. The highest BCUT2D eigenvalue weighted by Crippen LogP contribution is 2.27. The van der Waals surface area contributed by atoms with Gasteiger partial charge in [0.25, 0.3) is 5.56 Å². The van der Waals surface area contributed by atoms with Crippen molar-refractivity contribution in [3.05, 3.63) is 26.9 Å². The molecule has 1 aliphatic heterocycles. The van der Waals surface area contributed by atoms with Crippen molar-refractivity contribution in [2.24, 2.45) is 0 Å². The van der Waals surface area contributed by atoms with E-state index in [0.29, 0.717) is 0 Å². The van der Waals surface area contributed by atoms with Crippen LogP contribution in [0.5, 0.6) is 0 Å². The van der Waals surface area contributed by atoms with Crippen LogP contribution in [0.2, 0.25) is 0 Å². The molecule has 0 saturated carbocycles. The van der Waals surface area contributed by atoms with Gasteiger partial charge in [-0.1, -0.05) is 0 Å². The third-order valence-corrected chi connectivity index (χ3v) is 3.12. The van der Waals surface area contributed by atoms with Gasteiger partial charge in [0.1, 0.15) is 6.23 Å². The van der Waals surface area contributed by atoms with Crippen molar-refractivity contribution < 1.29 is 14.9 Å². The fraction of sp³-hybridized carbons (Fsp3) is 0.600. The molecule has 0 amide bonds. The summed E-state index contributed by atoms with van der Waals surface area (Å²) in [7, 11) is 0. The minimum atomic E-state index is -0.384. The number of hydrogen-bond acceptors (Lipinski definition) is 5. The zero-order valence-corrected chi connectivity index (χ0v) is 9.94. The van der Waals surface area contributed by atoms with Gasteiger partial charge in [0, 0.05) is 6.20 Å². The second-order valence-electron chi connectivity index (χ2n) is 3.95. The Kier molecular flexibility index (Phi) is 3.72. The van der Waals surface area contributed by atoms with E-state index < -0.39 is 0 Å². The van der Waals surface area contributed by atoms with E-state index >= 15 is 0 Å². The standard InChI is InChI=1S/C10H14N2O4S/c13-4-6-3-12(10(17)11-9(6)15)8-2-1-7(5-14)16-8/h3,7-8,13-14H,1-2,4-5H2,(H,11,15,17). The Labute approximate surface area is 102 Å². The summed E-state index contributed by atoms with van der Waals surface area (Å²) < 4.78 is 7.43. The lowest BCUT2D eigenvalue weighted by Gasteiger charge is -2.16. The molecule has 0 spiro atoms. The summed E-state index contributed by atoms with van der Waals surface area (Å²) in [6, 6.07) is 0. The molecule has 94 valence electrons. The van der Waals surface area contributed by atoms with Crippen molar-refractivity contribution in [1.29, 1.82) is 0 Å². The number of nitrogens with one attached hydrogen (secondary N) is 1. The molecule has 0 bridgehead atoms. The lowest BCUT2D eigenvalue weighted by atomic mass is 10.2. The zero-order valence-electron chi connectivity index (χ0n) is 9.13. The Bertz CT molecular complexity index is 510. The highest BCUT2D eigenvalue weighted by atomic mass is 32.1. The third-order valence-electron chi connectivity index (χ3n) is 2.81. The Morgan fingerprint density at radius 1 is 1.53 bits per heavy atom. The summed E-state index contributed by atoms with van der Waals surface area (Å²) in [4.78, 5) is 13.9. The molecule has 1 aromatic rings. The Morgan fingerprint density at radius 3 is 2.88 bits per heavy atom. The van der Waals surface area contributed by atoms with E-state index in [4.69, 9.17) is 27.2 Å². The Hall–Kier alpha value is -1.02. The highest BCUT2D eigenvalue weighted by Gasteiger charge is 2.26. The molecule has 0 radical (unpaired) electrons. The average Bonchev–Trinajstić information content (AvgIpc) is 2.78. The van der Waals surface area contributed by atoms with Gasteiger partial charge in [-0.15, -0.1) is 0 Å². The fourth-order valence-corrected chi connectivity index (χ4v) is 2.14. The summed E-state index contributed by atoms with van der Waals surface area (Å²) in [5.74, 6) is 0. The predicted octanol–water partition coefficient (Wildman–Crippen LogP) is 0.0681. The van der Waals surface area contributed by atoms with E-state index in [9.17, 15) is 4.79 Å². The normalized spacial score (nSPS) is 24.1. The summed E-state index contributed by atoms with van der Waals surface area (Å²) in [6.45, 7) is -0.374. The van der Waals surface area contributed by atoms with Crippen molar-refractivity contribution in [3.63, 3.8) is 0 Å². The Balaban J connectivity index is 2.33. The maximum Gasteiger partial charge on any atom is 0.257 e. The number of hydrogen-bond donors (Lipinski definition) is 3. The third kappa shape index (κ3) is 2.47. The first-order chi connectivity index (χ1) is 8.15. The van der Waals surface area contributed by atoms with Crippen LogP contribution in [0.3, 0.4) is 0 Å². The van der Waals surface area contributed by atoms with Gasteiger partial charge in [-0.05, 0) is 25.1 Å². The number of aliphatic hydroxyl groups is 2. The van der Waals surface area contributed by atoms with Crippen LogP contribution in [0.4, 0.5) is 0 Å². The van der Waals surface area contributed by atoms with E-state index in [1.165, 1.54) is 6.20 Å². The maximum atomic E-state index is 11.4. The second kappa shape index (κ2) is 5.09. The van der Waals surface area contributed by atoms with Crippen LogP contribution < -0.4 is 5.56 Å². The number of ether oxygens (including phenoxy) is 1. The molecule has 1 fully saturated rings. The van der Waals surface area contributed by atoms with Gasteiger partial charge in [-0.2, -0.15) is 0 Å². The van der Waals surface area contributed by atoms with Crippen LogP contribution in [-0.4, -0.2) is 32.5 Å². The number of aliphatic hydroxyl groups excluding tert-OH is 2. The minimum absolute atomic E-state index is 0.0277. The molecular weight excluding hydrogens is 244 g/mol. The molecular formula is C10H14N2O4S. The molecule has 1 saturated heterocycles. The number of aromatic nitrogens is 2. The van der Waals surface area contributed by atoms with E-state index in [-0.39, 0.29) is 41.4 Å². The van der Waals surface area contributed by atoms with E-state index in [0.717, 1.165) is 12.8 Å². The predicted molar refractivity (Wildman–Crippen MR) is 62.0 cm³/mol. The molecule has 0 aromatic carbocycles. The first-order valence-corrected chi connectivity index (χ1v) is 5.78. The van der Waals surface area contributed by atoms with Crippen molar-refractivity contribution in [3.8, 4) is 0 Å². The number of nitrogens with zero attached hydrogens (tertiary/aromatic N) is 1. The quantitative estimate of drug-likeness (QED) is 0.668. The monoisotopic (exact) mass is 258 g/mol. The van der Waals surface area contributed by atoms with Gasteiger partial charge in [-0.3, -0.25) is 14.3 Å². The van der Waals surface area contributed by atoms with Crippen LogP contribution in [0.25, 0.3) is 0 Å². The second-order valence-corrected chi connectivity index (χ2v) is 4.34. The first-order valence-electron chi connectivity index (χ1n) is 5.37. The van der Waals surface area contributed by atoms with Gasteiger partial charge in [0.15, 0.2) is 4.77 Å². The van der Waals surface area contributed by atoms with Crippen molar-refractivity contribution >= 4 is 12.2 Å². The van der Waals surface area contributed by atoms with Crippen LogP contribution in [0.15, 0.2) is 11.0 Å². The van der Waals surface area contributed by atoms with E-state index in [1.807, 2.05) is 0 Å². The number of rotatable bonds is 3. The summed E-state index contributed by atoms with van der Waals surface area (Å²) in [5.41, 5.74) is -0.139. The smallest absolute Gasteiger partial charge is 0.257 e. The van der Waals surface area contributed by atoms with Gasteiger partial charge >= 0.3 is 0 Å². The lowest BCUT2D eigenvalue weighted by molar-refractivity contribution is -0.0239. The molecule has 6 nitrogen and oxygen atoms in total. The SMILES string of the molecule is O=c1[nH]c(=S)n(C2CCC(CO)O2)cc1CO. The maximum absolute atomic E-state index is 11.4. The molecule has 1 aromatic heterocycles. The van der Waals surface area contributed by atoms with Crippen LogP contribution in [0, 0.1) is 4.77 Å². The zero-order chi connectivity index (χ0) is 12.4. The molecule has 2 atom stereocenters. The minimum Gasteiger partial charge on any atom is -0.394 e. The molecule has 3 N–H and O–H groups in total. The Morgan fingerprint density at radius 2 is 2.29 bits per heavy atom. The molecule has 7 heteroatoms. The van der Waals surface area contributed by atoms with Crippen LogP contribution >= 0.6 is 12.2 Å². The summed E-state index contributed by atoms with van der Waals surface area (Å²) >= 11 is 5.04. The molecule has 0 aliphatic carbocycles. The van der Waals surface area contributed by atoms with Crippen molar-refractivity contribution in [2.75, 3.05) is 6.61 Å². The first kappa shape index (κ1) is 12.4. The van der Waals surface area contributed by atoms with Crippen LogP contribution in [0.1, 0.15) is 24.6 Å². The largest absolute Gasteiger partial charge is 0.394 e. The van der Waals surface area contributed by atoms with Crippen molar-refractivity contribution in [2.45, 2.75) is 31.8 Å². The van der Waals surface area contributed by atoms with E-state index in [1.54, 1.807) is 4.57 Å². The highest BCUT2D eigenvalue weighted by molar-refractivity contribution is 7.71. The number of aromatic amines is 1. The molecule has 17 heavy (non-hydrogen) atoms. The topological polar surface area (TPSA) is 87.5 Å². The lowest BCUT2D eigenvalue weighted by Crippen LogP contribution is -2.21. The van der Waals surface area contributed by atoms with E-state index in [2.05, 4.69) is 4.98 Å². The summed E-state index contributed by atoms with van der Waals surface area (Å²) in [6.07, 6.45) is 2.49. The fourth-order valence-electron chi connectivity index (χ4n) is 1.88. The molecule has 1 aliphatic rings. The van der Waals surface area contributed by atoms with Gasteiger partial charge in [-0.25, -0.2) is 0 Å². The molecule has 2 unspecified atom stereocenters. The number of H-pyrrole nitrogens is 1. The van der Waals surface area contributed by atoms with Gasteiger partial charge < -0.3 is 14.9 Å².